The van der Waals surface area contributed by atoms with Crippen LogP contribution in [-0.4, -0.2) is 30.0 Å². The van der Waals surface area contributed by atoms with Crippen molar-refractivity contribution in [3.63, 3.8) is 0 Å². The van der Waals surface area contributed by atoms with E-state index in [1.165, 1.54) is 0 Å². The molecule has 1 atom stereocenters. The Morgan fingerprint density at radius 3 is 2.69 bits per heavy atom. The summed E-state index contributed by atoms with van der Waals surface area (Å²) < 4.78 is 5.87. The van der Waals surface area contributed by atoms with E-state index in [1.54, 1.807) is 0 Å². The Hall–Kier alpha value is -3.09. The van der Waals surface area contributed by atoms with Crippen molar-refractivity contribution in [2.24, 2.45) is 0 Å². The van der Waals surface area contributed by atoms with Crippen LogP contribution in [0.4, 0.5) is 4.79 Å². The van der Waals surface area contributed by atoms with Gasteiger partial charge in [0.15, 0.2) is 0 Å². The summed E-state index contributed by atoms with van der Waals surface area (Å²) in [5.74, 6) is -0.172. The predicted octanol–water partition coefficient (Wildman–Crippen LogP) is 1.84. The molecular formula is C19H21N3O4. The first-order valence-electron chi connectivity index (χ1n) is 8.49. The molecule has 1 fully saturated rings. The standard InChI is InChI=1S/C19H21N3O4/c1-11(2)26-16-8-7-12-5-3-4-6-13(12)14(16)10-20-19(25)21-15-9-17(23)22-18(15)24/h3-8,11,15H,9-10H2,1-2H3,(H2,20,21,25)(H,22,23,24)/t15-/m0/s1. The average molecular weight is 355 g/mol. The number of rotatable bonds is 5. The molecule has 0 spiro atoms. The summed E-state index contributed by atoms with van der Waals surface area (Å²) in [6.07, 6.45) is -0.0423. The van der Waals surface area contributed by atoms with Gasteiger partial charge in [0, 0.05) is 12.1 Å². The molecule has 1 saturated heterocycles. The van der Waals surface area contributed by atoms with Crippen LogP contribution in [-0.2, 0) is 16.1 Å². The van der Waals surface area contributed by atoms with E-state index >= 15 is 0 Å². The summed E-state index contributed by atoms with van der Waals surface area (Å²) in [5, 5.41) is 9.45. The number of nitrogens with one attached hydrogen (secondary N) is 3. The molecule has 1 aliphatic rings. The van der Waals surface area contributed by atoms with Crippen molar-refractivity contribution in [2.75, 3.05) is 0 Å². The molecule has 4 amide bonds. The molecule has 2 aromatic carbocycles. The van der Waals surface area contributed by atoms with Crippen LogP contribution in [0.25, 0.3) is 10.8 Å². The number of fused-ring (bicyclic) bond motifs is 1. The molecule has 0 aromatic heterocycles. The molecule has 2 aromatic rings. The first-order valence-corrected chi connectivity index (χ1v) is 8.49. The quantitative estimate of drug-likeness (QED) is 0.713. The van der Waals surface area contributed by atoms with Crippen molar-refractivity contribution < 1.29 is 19.1 Å². The number of urea groups is 1. The zero-order chi connectivity index (χ0) is 18.7. The Bertz CT molecular complexity index is 863. The van der Waals surface area contributed by atoms with E-state index in [0.29, 0.717) is 5.75 Å². The van der Waals surface area contributed by atoms with Crippen LogP contribution >= 0.6 is 0 Å². The zero-order valence-corrected chi connectivity index (χ0v) is 14.7. The molecule has 0 bridgehead atoms. The smallest absolute Gasteiger partial charge is 0.315 e. The third-order valence-corrected chi connectivity index (χ3v) is 4.06. The van der Waals surface area contributed by atoms with Crippen molar-refractivity contribution in [1.29, 1.82) is 0 Å². The second-order valence-electron chi connectivity index (χ2n) is 6.43. The van der Waals surface area contributed by atoms with Crippen LogP contribution < -0.4 is 20.7 Å². The molecule has 7 heteroatoms. The lowest BCUT2D eigenvalue weighted by Gasteiger charge is -2.17. The van der Waals surface area contributed by atoms with Crippen LogP contribution in [0.3, 0.4) is 0 Å². The number of ether oxygens (including phenoxy) is 1. The van der Waals surface area contributed by atoms with Gasteiger partial charge in [-0.2, -0.15) is 0 Å². The Labute approximate surface area is 151 Å². The summed E-state index contributed by atoms with van der Waals surface area (Å²) in [7, 11) is 0. The number of imide groups is 1. The Kier molecular flexibility index (Phi) is 5.06. The van der Waals surface area contributed by atoms with Gasteiger partial charge in [-0.25, -0.2) is 4.79 Å². The van der Waals surface area contributed by atoms with Crippen LogP contribution in [0.5, 0.6) is 5.75 Å². The molecule has 0 saturated carbocycles. The van der Waals surface area contributed by atoms with Crippen molar-refractivity contribution in [3.05, 3.63) is 42.0 Å². The summed E-state index contributed by atoms with van der Waals surface area (Å²) in [6, 6.07) is 10.4. The molecule has 0 unspecified atom stereocenters. The third kappa shape index (κ3) is 3.93. The Morgan fingerprint density at radius 2 is 2.00 bits per heavy atom. The van der Waals surface area contributed by atoms with Gasteiger partial charge < -0.3 is 15.4 Å². The van der Waals surface area contributed by atoms with Crippen molar-refractivity contribution in [3.8, 4) is 5.75 Å². The topological polar surface area (TPSA) is 96.5 Å². The van der Waals surface area contributed by atoms with Gasteiger partial charge in [0.25, 0.3) is 0 Å². The molecule has 1 aliphatic heterocycles. The van der Waals surface area contributed by atoms with Crippen molar-refractivity contribution in [2.45, 2.75) is 39.0 Å². The predicted molar refractivity (Wildman–Crippen MR) is 96.6 cm³/mol. The van der Waals surface area contributed by atoms with Gasteiger partial charge in [-0.1, -0.05) is 30.3 Å². The number of carbonyl (C=O) groups excluding carboxylic acids is 3. The van der Waals surface area contributed by atoms with E-state index in [4.69, 9.17) is 4.74 Å². The van der Waals surface area contributed by atoms with Crippen LogP contribution in [0, 0.1) is 0 Å². The molecule has 136 valence electrons. The average Bonchev–Trinajstić information content (AvgIpc) is 2.90. The molecule has 3 rings (SSSR count). The van der Waals surface area contributed by atoms with Crippen molar-refractivity contribution >= 4 is 28.6 Å². The molecule has 1 heterocycles. The molecule has 26 heavy (non-hydrogen) atoms. The lowest BCUT2D eigenvalue weighted by molar-refractivity contribution is -0.125. The fraction of sp³-hybridized carbons (Fsp3) is 0.316. The van der Waals surface area contributed by atoms with Crippen LogP contribution in [0.15, 0.2) is 36.4 Å². The minimum Gasteiger partial charge on any atom is -0.491 e. The van der Waals surface area contributed by atoms with E-state index in [9.17, 15) is 14.4 Å². The summed E-state index contributed by atoms with van der Waals surface area (Å²) in [6.45, 7) is 4.11. The van der Waals surface area contributed by atoms with Crippen LogP contribution in [0.1, 0.15) is 25.8 Å². The zero-order valence-electron chi connectivity index (χ0n) is 14.7. The molecule has 0 aliphatic carbocycles. The van der Waals surface area contributed by atoms with Crippen LogP contribution in [0.2, 0.25) is 0 Å². The summed E-state index contributed by atoms with van der Waals surface area (Å²) in [4.78, 5) is 34.9. The highest BCUT2D eigenvalue weighted by Gasteiger charge is 2.31. The Balaban J connectivity index is 1.75. The minimum atomic E-state index is -0.832. The van der Waals surface area contributed by atoms with Gasteiger partial charge in [-0.3, -0.25) is 14.9 Å². The number of carbonyl (C=O) groups is 3. The lowest BCUT2D eigenvalue weighted by Crippen LogP contribution is -2.45. The highest BCUT2D eigenvalue weighted by atomic mass is 16.5. The van der Waals surface area contributed by atoms with Gasteiger partial charge in [-0.05, 0) is 30.7 Å². The van der Waals surface area contributed by atoms with E-state index < -0.39 is 18.0 Å². The van der Waals surface area contributed by atoms with Gasteiger partial charge >= 0.3 is 6.03 Å². The number of hydrogen-bond donors (Lipinski definition) is 3. The normalized spacial score (nSPS) is 16.7. The minimum absolute atomic E-state index is 0.00284. The van der Waals surface area contributed by atoms with E-state index in [-0.39, 0.29) is 25.0 Å². The summed E-state index contributed by atoms with van der Waals surface area (Å²) in [5.41, 5.74) is 0.860. The number of hydrogen-bond acceptors (Lipinski definition) is 4. The van der Waals surface area contributed by atoms with E-state index in [0.717, 1.165) is 16.3 Å². The molecule has 3 N–H and O–H groups in total. The first kappa shape index (κ1) is 17.7. The fourth-order valence-corrected chi connectivity index (χ4v) is 2.91. The Morgan fingerprint density at radius 1 is 1.23 bits per heavy atom. The summed E-state index contributed by atoms with van der Waals surface area (Å²) >= 11 is 0. The molecule has 7 nitrogen and oxygen atoms in total. The number of amides is 4. The van der Waals surface area contributed by atoms with Crippen molar-refractivity contribution in [1.82, 2.24) is 16.0 Å². The van der Waals surface area contributed by atoms with Gasteiger partial charge in [0.05, 0.1) is 12.5 Å². The maximum absolute atomic E-state index is 12.1. The second kappa shape index (κ2) is 7.43. The monoisotopic (exact) mass is 355 g/mol. The maximum atomic E-state index is 12.1. The first-order chi connectivity index (χ1) is 12.4. The molecular weight excluding hydrogens is 334 g/mol. The highest BCUT2D eigenvalue weighted by Crippen LogP contribution is 2.28. The SMILES string of the molecule is CC(C)Oc1ccc2ccccc2c1CNC(=O)N[C@H]1CC(=O)NC1=O. The van der Waals surface area contributed by atoms with Gasteiger partial charge in [0.1, 0.15) is 11.8 Å². The fourth-order valence-electron chi connectivity index (χ4n) is 2.91. The third-order valence-electron chi connectivity index (χ3n) is 4.06. The second-order valence-corrected chi connectivity index (χ2v) is 6.43. The van der Waals surface area contributed by atoms with E-state index in [1.807, 2.05) is 50.2 Å². The van der Waals surface area contributed by atoms with E-state index in [2.05, 4.69) is 16.0 Å². The lowest BCUT2D eigenvalue weighted by atomic mass is 10.0. The number of benzene rings is 2. The highest BCUT2D eigenvalue weighted by molar-refractivity contribution is 6.06. The van der Waals surface area contributed by atoms with Gasteiger partial charge in [0.2, 0.25) is 11.8 Å². The maximum Gasteiger partial charge on any atom is 0.315 e. The molecule has 0 radical (unpaired) electrons. The largest absolute Gasteiger partial charge is 0.491 e. The van der Waals surface area contributed by atoms with Gasteiger partial charge in [-0.15, -0.1) is 0 Å².